The smallest absolute Gasteiger partial charge is 0.311 e. The van der Waals surface area contributed by atoms with Gasteiger partial charge in [-0.05, 0) is 30.2 Å². The van der Waals surface area contributed by atoms with Crippen molar-refractivity contribution in [2.75, 3.05) is 5.73 Å². The minimum atomic E-state index is -0.662. The van der Waals surface area contributed by atoms with Gasteiger partial charge in [0.1, 0.15) is 11.5 Å². The molecule has 0 saturated heterocycles. The second kappa shape index (κ2) is 5.64. The lowest BCUT2D eigenvalue weighted by molar-refractivity contribution is -0.384. The van der Waals surface area contributed by atoms with Crippen LogP contribution in [0, 0.1) is 15.9 Å². The summed E-state index contributed by atoms with van der Waals surface area (Å²) in [6.45, 7) is 0. The average Bonchev–Trinajstić information content (AvgIpc) is 3.26. The third kappa shape index (κ3) is 3.10. The van der Waals surface area contributed by atoms with Gasteiger partial charge in [-0.3, -0.25) is 14.9 Å². The van der Waals surface area contributed by atoms with E-state index in [1.54, 1.807) is 6.07 Å². The van der Waals surface area contributed by atoms with Crippen LogP contribution in [0.15, 0.2) is 36.4 Å². The second-order valence-electron chi connectivity index (χ2n) is 5.34. The van der Waals surface area contributed by atoms with Gasteiger partial charge in [-0.2, -0.15) is 0 Å². The number of nitrogens with two attached hydrogens (primary N) is 1. The van der Waals surface area contributed by atoms with Gasteiger partial charge in [-0.1, -0.05) is 12.1 Å². The van der Waals surface area contributed by atoms with Crippen LogP contribution in [-0.4, -0.2) is 21.9 Å². The van der Waals surface area contributed by atoms with Crippen LogP contribution in [0.1, 0.15) is 28.4 Å². The summed E-state index contributed by atoms with van der Waals surface area (Å²) in [5.41, 5.74) is 5.96. The Morgan fingerprint density at radius 3 is 2.83 bits per heavy atom. The Hall–Kier alpha value is -3.03. The third-order valence-corrected chi connectivity index (χ3v) is 3.72. The summed E-state index contributed by atoms with van der Waals surface area (Å²) in [7, 11) is 0. The third-order valence-electron chi connectivity index (χ3n) is 3.72. The molecule has 118 valence electrons. The Morgan fingerprint density at radius 1 is 1.39 bits per heavy atom. The molecule has 3 N–H and O–H groups in total. The molecule has 1 aromatic heterocycles. The highest BCUT2D eigenvalue weighted by molar-refractivity contribution is 5.93. The van der Waals surface area contributed by atoms with Crippen LogP contribution < -0.4 is 11.1 Å². The van der Waals surface area contributed by atoms with Crippen LogP contribution in [-0.2, 0) is 0 Å². The first-order chi connectivity index (χ1) is 11.0. The summed E-state index contributed by atoms with van der Waals surface area (Å²) >= 11 is 0. The van der Waals surface area contributed by atoms with Crippen molar-refractivity contribution in [1.82, 2.24) is 10.3 Å². The van der Waals surface area contributed by atoms with E-state index in [1.807, 2.05) is 6.07 Å². The van der Waals surface area contributed by atoms with Crippen molar-refractivity contribution in [3.63, 3.8) is 0 Å². The van der Waals surface area contributed by atoms with Crippen LogP contribution in [0.3, 0.4) is 0 Å². The standard InChI is InChI=1S/C15H13FN4O3/c16-9-3-1-2-8(6-9)10-7-12(10)19-15(21)11-4-5-13(20(22)23)14(17)18-11/h1-6,10,12H,7H2,(H2,17,18)(H,19,21)/t10-,12-/m0/s1. The number of carbonyl (C=O) groups is 1. The minimum Gasteiger partial charge on any atom is -0.378 e. The lowest BCUT2D eigenvalue weighted by atomic mass is 10.1. The van der Waals surface area contributed by atoms with Crippen LogP contribution >= 0.6 is 0 Å². The van der Waals surface area contributed by atoms with Crippen LogP contribution in [0.5, 0.6) is 0 Å². The molecule has 0 bridgehead atoms. The number of halogens is 1. The summed E-state index contributed by atoms with van der Waals surface area (Å²) in [6.07, 6.45) is 0.706. The number of nitrogen functional groups attached to an aromatic ring is 1. The quantitative estimate of drug-likeness (QED) is 0.662. The van der Waals surface area contributed by atoms with E-state index >= 15 is 0 Å². The predicted molar refractivity (Wildman–Crippen MR) is 80.3 cm³/mol. The number of hydrogen-bond donors (Lipinski definition) is 2. The molecule has 1 amide bonds. The molecule has 2 aromatic rings. The van der Waals surface area contributed by atoms with Gasteiger partial charge in [0.25, 0.3) is 5.91 Å². The highest BCUT2D eigenvalue weighted by atomic mass is 19.1. The molecule has 7 nitrogen and oxygen atoms in total. The number of anilines is 1. The molecule has 2 atom stereocenters. The molecule has 0 aliphatic heterocycles. The molecule has 1 aliphatic carbocycles. The summed E-state index contributed by atoms with van der Waals surface area (Å²) < 4.78 is 13.2. The van der Waals surface area contributed by atoms with E-state index in [0.29, 0.717) is 6.42 Å². The van der Waals surface area contributed by atoms with E-state index in [0.717, 1.165) is 11.6 Å². The first-order valence-electron chi connectivity index (χ1n) is 6.93. The molecule has 1 aromatic carbocycles. The highest BCUT2D eigenvalue weighted by Crippen LogP contribution is 2.41. The maximum absolute atomic E-state index is 13.2. The van der Waals surface area contributed by atoms with Gasteiger partial charge in [0.05, 0.1) is 4.92 Å². The molecule has 1 heterocycles. The van der Waals surface area contributed by atoms with E-state index in [4.69, 9.17) is 5.73 Å². The number of nitro groups is 1. The predicted octanol–water partition coefficient (Wildman–Crippen LogP) is 2.00. The number of carbonyl (C=O) groups excluding carboxylic acids is 1. The SMILES string of the molecule is Nc1nc(C(=O)N[C@H]2C[C@H]2c2cccc(F)c2)ccc1[N+](=O)[O-]. The zero-order valence-corrected chi connectivity index (χ0v) is 11.9. The fourth-order valence-corrected chi connectivity index (χ4v) is 2.45. The Morgan fingerprint density at radius 2 is 2.17 bits per heavy atom. The fraction of sp³-hybridized carbons (Fsp3) is 0.200. The molecular weight excluding hydrogens is 303 g/mol. The maximum Gasteiger partial charge on any atom is 0.311 e. The Balaban J connectivity index is 1.67. The Bertz CT molecular complexity index is 796. The largest absolute Gasteiger partial charge is 0.378 e. The monoisotopic (exact) mass is 316 g/mol. The zero-order valence-electron chi connectivity index (χ0n) is 11.9. The van der Waals surface area contributed by atoms with E-state index in [-0.39, 0.29) is 35.0 Å². The first kappa shape index (κ1) is 14.9. The lowest BCUT2D eigenvalue weighted by Crippen LogP contribution is -2.27. The van der Waals surface area contributed by atoms with E-state index in [2.05, 4.69) is 10.3 Å². The Labute approximate surface area is 130 Å². The van der Waals surface area contributed by atoms with Gasteiger partial charge >= 0.3 is 5.69 Å². The van der Waals surface area contributed by atoms with Gasteiger partial charge < -0.3 is 11.1 Å². The van der Waals surface area contributed by atoms with Crippen LogP contribution in [0.25, 0.3) is 0 Å². The van der Waals surface area contributed by atoms with Crippen molar-refractivity contribution < 1.29 is 14.1 Å². The lowest BCUT2D eigenvalue weighted by Gasteiger charge is -2.05. The van der Waals surface area contributed by atoms with Crippen molar-refractivity contribution in [1.29, 1.82) is 0 Å². The van der Waals surface area contributed by atoms with Gasteiger partial charge in [0, 0.05) is 18.0 Å². The van der Waals surface area contributed by atoms with E-state index in [9.17, 15) is 19.3 Å². The highest BCUT2D eigenvalue weighted by Gasteiger charge is 2.40. The van der Waals surface area contributed by atoms with Gasteiger partial charge in [-0.25, -0.2) is 9.37 Å². The van der Waals surface area contributed by atoms with Crippen LogP contribution in [0.2, 0.25) is 0 Å². The Kier molecular flexibility index (Phi) is 3.65. The number of hydrogen-bond acceptors (Lipinski definition) is 5. The zero-order chi connectivity index (χ0) is 16.6. The molecule has 8 heteroatoms. The van der Waals surface area contributed by atoms with Crippen molar-refractivity contribution in [3.05, 3.63) is 63.6 Å². The van der Waals surface area contributed by atoms with Gasteiger partial charge in [0.15, 0.2) is 0 Å². The van der Waals surface area contributed by atoms with Crippen LogP contribution in [0.4, 0.5) is 15.9 Å². The number of amides is 1. The summed E-state index contributed by atoms with van der Waals surface area (Å²) in [4.78, 5) is 25.9. The van der Waals surface area contributed by atoms with E-state index < -0.39 is 10.8 Å². The normalized spacial score (nSPS) is 19.2. The summed E-state index contributed by atoms with van der Waals surface area (Å²) in [5.74, 6) is -1.02. The van der Waals surface area contributed by atoms with E-state index in [1.165, 1.54) is 18.2 Å². The molecule has 1 saturated carbocycles. The minimum absolute atomic E-state index is 0.0120. The molecule has 0 unspecified atom stereocenters. The average molecular weight is 316 g/mol. The van der Waals surface area contributed by atoms with Gasteiger partial charge in [-0.15, -0.1) is 0 Å². The molecule has 3 rings (SSSR count). The number of nitrogens with zero attached hydrogens (tertiary/aromatic N) is 2. The molecule has 23 heavy (non-hydrogen) atoms. The van der Waals surface area contributed by atoms with Crippen molar-refractivity contribution in [2.24, 2.45) is 0 Å². The number of nitrogens with one attached hydrogen (secondary N) is 1. The number of pyridine rings is 1. The maximum atomic E-state index is 13.2. The van der Waals surface area contributed by atoms with Crippen molar-refractivity contribution in [3.8, 4) is 0 Å². The first-order valence-corrected chi connectivity index (χ1v) is 6.93. The molecule has 1 aliphatic rings. The number of aromatic nitrogens is 1. The number of benzene rings is 1. The summed E-state index contributed by atoms with van der Waals surface area (Å²) in [6, 6.07) is 8.53. The van der Waals surface area contributed by atoms with Gasteiger partial charge in [0.2, 0.25) is 5.82 Å². The number of rotatable bonds is 4. The second-order valence-corrected chi connectivity index (χ2v) is 5.34. The van der Waals surface area contributed by atoms with Crippen molar-refractivity contribution >= 4 is 17.4 Å². The topological polar surface area (TPSA) is 111 Å². The molecule has 0 spiro atoms. The summed E-state index contributed by atoms with van der Waals surface area (Å²) in [5, 5.41) is 13.4. The molecular formula is C15H13FN4O3. The van der Waals surface area contributed by atoms with Crippen molar-refractivity contribution in [2.45, 2.75) is 18.4 Å². The molecule has 0 radical (unpaired) electrons. The fourth-order valence-electron chi connectivity index (χ4n) is 2.45. The molecule has 1 fully saturated rings.